The molecule has 0 unspecified atom stereocenters. The van der Waals surface area contributed by atoms with Gasteiger partial charge in [-0.2, -0.15) is 0 Å². The Kier molecular flexibility index (Phi) is 3.84. The Balaban J connectivity index is 1.86. The molecule has 0 bridgehead atoms. The van der Waals surface area contributed by atoms with Gasteiger partial charge in [-0.05, 0) is 43.7 Å². The number of anilines is 1. The van der Waals surface area contributed by atoms with Crippen LogP contribution in [0.3, 0.4) is 0 Å². The van der Waals surface area contributed by atoms with Crippen molar-refractivity contribution in [3.63, 3.8) is 0 Å². The van der Waals surface area contributed by atoms with E-state index in [9.17, 15) is 0 Å². The molecule has 0 saturated heterocycles. The third-order valence-electron chi connectivity index (χ3n) is 3.67. The Labute approximate surface area is 129 Å². The van der Waals surface area contributed by atoms with Crippen molar-refractivity contribution >= 4 is 28.3 Å². The molecule has 0 aliphatic heterocycles. The van der Waals surface area contributed by atoms with Crippen molar-refractivity contribution in [2.45, 2.75) is 26.9 Å². The molecule has 0 spiro atoms. The Morgan fingerprint density at radius 1 is 1.19 bits per heavy atom. The monoisotopic (exact) mass is 299 g/mol. The topological polar surface area (TPSA) is 29.9 Å². The number of rotatable bonds is 4. The number of halogens is 1. The van der Waals surface area contributed by atoms with Crippen LogP contribution >= 0.6 is 11.6 Å². The first-order valence-electron chi connectivity index (χ1n) is 7.13. The summed E-state index contributed by atoms with van der Waals surface area (Å²) in [6.45, 7) is 5.73. The van der Waals surface area contributed by atoms with Gasteiger partial charge in [0.15, 0.2) is 0 Å². The van der Waals surface area contributed by atoms with Crippen molar-refractivity contribution < 1.29 is 0 Å². The van der Waals surface area contributed by atoms with E-state index < -0.39 is 0 Å². The number of benzene rings is 2. The summed E-state index contributed by atoms with van der Waals surface area (Å²) in [5.41, 5.74) is 4.32. The molecule has 1 aromatic heterocycles. The molecule has 4 heteroatoms. The number of nitrogens with one attached hydrogen (secondary N) is 1. The fraction of sp³-hybridized carbons (Fsp3) is 0.235. The first-order chi connectivity index (χ1) is 10.2. The Morgan fingerprint density at radius 3 is 2.76 bits per heavy atom. The van der Waals surface area contributed by atoms with Crippen molar-refractivity contribution in [1.29, 1.82) is 0 Å². The minimum absolute atomic E-state index is 0.682. The summed E-state index contributed by atoms with van der Waals surface area (Å²) in [6, 6.07) is 14.2. The lowest BCUT2D eigenvalue weighted by Crippen LogP contribution is -2.08. The molecule has 2 aromatic carbocycles. The Hall–Kier alpha value is -2.00. The smallest absolute Gasteiger partial charge is 0.129 e. The highest BCUT2D eigenvalue weighted by molar-refractivity contribution is 6.31. The lowest BCUT2D eigenvalue weighted by atomic mass is 10.2. The zero-order valence-electron chi connectivity index (χ0n) is 12.2. The highest BCUT2D eigenvalue weighted by Crippen LogP contribution is 2.21. The molecule has 1 heterocycles. The molecule has 0 fully saturated rings. The van der Waals surface area contributed by atoms with E-state index in [0.717, 1.165) is 34.2 Å². The van der Waals surface area contributed by atoms with E-state index in [1.807, 2.05) is 43.3 Å². The fourth-order valence-electron chi connectivity index (χ4n) is 2.50. The minimum Gasteiger partial charge on any atom is -0.378 e. The van der Waals surface area contributed by atoms with Crippen molar-refractivity contribution in [2.24, 2.45) is 0 Å². The summed E-state index contributed by atoms with van der Waals surface area (Å²) in [7, 11) is 0. The van der Waals surface area contributed by atoms with Crippen LogP contribution in [0.5, 0.6) is 0 Å². The number of para-hydroxylation sites is 2. The summed E-state index contributed by atoms with van der Waals surface area (Å²) < 4.78 is 2.23. The van der Waals surface area contributed by atoms with Crippen LogP contribution in [0.15, 0.2) is 42.5 Å². The molecule has 3 nitrogen and oxygen atoms in total. The quantitative estimate of drug-likeness (QED) is 0.761. The maximum Gasteiger partial charge on any atom is 0.129 e. The predicted octanol–water partition coefficient (Wildman–Crippen LogP) is 4.63. The molecular formula is C17H18ClN3. The minimum atomic E-state index is 0.682. The number of aryl methyl sites for hydroxylation is 2. The average Bonchev–Trinajstić information content (AvgIpc) is 2.86. The standard InChI is InChI=1S/C17H18ClN3/c1-3-21-16-7-5-4-6-15(16)20-17(21)11-19-13-9-8-12(2)14(18)10-13/h4-10,19H,3,11H2,1-2H3. The van der Waals surface area contributed by atoms with Crippen LogP contribution in [-0.2, 0) is 13.1 Å². The molecule has 3 aromatic rings. The first-order valence-corrected chi connectivity index (χ1v) is 7.51. The van der Waals surface area contributed by atoms with Crippen LogP contribution in [0, 0.1) is 6.92 Å². The van der Waals surface area contributed by atoms with Gasteiger partial charge in [0.2, 0.25) is 0 Å². The number of hydrogen-bond acceptors (Lipinski definition) is 2. The maximum atomic E-state index is 6.16. The van der Waals surface area contributed by atoms with Crippen LogP contribution in [0.2, 0.25) is 5.02 Å². The van der Waals surface area contributed by atoms with E-state index >= 15 is 0 Å². The summed E-state index contributed by atoms with van der Waals surface area (Å²) >= 11 is 6.16. The molecular weight excluding hydrogens is 282 g/mol. The normalized spacial score (nSPS) is 11.0. The molecule has 1 N–H and O–H groups in total. The molecule has 0 aliphatic carbocycles. The summed E-state index contributed by atoms with van der Waals surface area (Å²) in [6.07, 6.45) is 0. The van der Waals surface area contributed by atoms with Gasteiger partial charge >= 0.3 is 0 Å². The summed E-state index contributed by atoms with van der Waals surface area (Å²) in [4.78, 5) is 4.71. The van der Waals surface area contributed by atoms with Gasteiger partial charge < -0.3 is 9.88 Å². The first kappa shape index (κ1) is 14.0. The molecule has 21 heavy (non-hydrogen) atoms. The number of nitrogens with zero attached hydrogens (tertiary/aromatic N) is 2. The highest BCUT2D eigenvalue weighted by atomic mass is 35.5. The van der Waals surface area contributed by atoms with E-state index in [1.54, 1.807) is 0 Å². The van der Waals surface area contributed by atoms with Gasteiger partial charge in [0.1, 0.15) is 5.82 Å². The average molecular weight is 300 g/mol. The lowest BCUT2D eigenvalue weighted by molar-refractivity contribution is 0.729. The third kappa shape index (κ3) is 2.74. The summed E-state index contributed by atoms with van der Waals surface area (Å²) in [5, 5.41) is 4.18. The van der Waals surface area contributed by atoms with Gasteiger partial charge in [0.05, 0.1) is 17.6 Å². The molecule has 0 saturated carbocycles. The van der Waals surface area contributed by atoms with Crippen LogP contribution < -0.4 is 5.32 Å². The maximum absolute atomic E-state index is 6.16. The molecule has 0 atom stereocenters. The Bertz CT molecular complexity index is 777. The number of fused-ring (bicyclic) bond motifs is 1. The van der Waals surface area contributed by atoms with Gasteiger partial charge in [0.25, 0.3) is 0 Å². The Morgan fingerprint density at radius 2 is 2.00 bits per heavy atom. The van der Waals surface area contributed by atoms with E-state index in [-0.39, 0.29) is 0 Å². The van der Waals surface area contributed by atoms with Gasteiger partial charge in [-0.25, -0.2) is 4.98 Å². The SMILES string of the molecule is CCn1c(CNc2ccc(C)c(Cl)c2)nc2ccccc21. The molecule has 0 amide bonds. The number of hydrogen-bond donors (Lipinski definition) is 1. The largest absolute Gasteiger partial charge is 0.378 e. The van der Waals surface area contributed by atoms with E-state index in [4.69, 9.17) is 16.6 Å². The van der Waals surface area contributed by atoms with Crippen molar-refractivity contribution in [3.05, 3.63) is 58.9 Å². The van der Waals surface area contributed by atoms with Gasteiger partial charge in [-0.15, -0.1) is 0 Å². The zero-order valence-corrected chi connectivity index (χ0v) is 13.0. The zero-order chi connectivity index (χ0) is 14.8. The lowest BCUT2D eigenvalue weighted by Gasteiger charge is -2.09. The molecule has 3 rings (SSSR count). The fourth-order valence-corrected chi connectivity index (χ4v) is 2.68. The van der Waals surface area contributed by atoms with Crippen molar-refractivity contribution in [2.75, 3.05) is 5.32 Å². The number of imidazole rings is 1. The summed E-state index contributed by atoms with van der Waals surface area (Å²) in [5.74, 6) is 1.04. The number of aromatic nitrogens is 2. The van der Waals surface area contributed by atoms with Gasteiger partial charge in [-0.1, -0.05) is 29.8 Å². The second kappa shape index (κ2) is 5.78. The van der Waals surface area contributed by atoms with E-state index in [2.05, 4.69) is 22.9 Å². The van der Waals surface area contributed by atoms with Crippen LogP contribution in [-0.4, -0.2) is 9.55 Å². The third-order valence-corrected chi connectivity index (χ3v) is 4.08. The molecule has 0 radical (unpaired) electrons. The van der Waals surface area contributed by atoms with E-state index in [0.29, 0.717) is 6.54 Å². The second-order valence-electron chi connectivity index (χ2n) is 5.08. The van der Waals surface area contributed by atoms with Crippen molar-refractivity contribution in [3.8, 4) is 0 Å². The predicted molar refractivity (Wildman–Crippen MR) is 88.9 cm³/mol. The molecule has 108 valence electrons. The van der Waals surface area contributed by atoms with E-state index in [1.165, 1.54) is 5.52 Å². The van der Waals surface area contributed by atoms with Gasteiger partial charge in [-0.3, -0.25) is 0 Å². The van der Waals surface area contributed by atoms with Crippen LogP contribution in [0.1, 0.15) is 18.3 Å². The van der Waals surface area contributed by atoms with Crippen LogP contribution in [0.4, 0.5) is 5.69 Å². The second-order valence-corrected chi connectivity index (χ2v) is 5.49. The highest BCUT2D eigenvalue weighted by Gasteiger charge is 2.08. The van der Waals surface area contributed by atoms with Crippen molar-refractivity contribution in [1.82, 2.24) is 9.55 Å². The van der Waals surface area contributed by atoms with Gasteiger partial charge in [0, 0.05) is 17.3 Å². The van der Waals surface area contributed by atoms with Crippen LogP contribution in [0.25, 0.3) is 11.0 Å². The molecule has 0 aliphatic rings.